The predicted octanol–water partition coefficient (Wildman–Crippen LogP) is 5.00. The zero-order chi connectivity index (χ0) is 16.2. The third kappa shape index (κ3) is 2.31. The first-order valence-corrected chi connectivity index (χ1v) is 9.75. The normalized spacial score (nSPS) is 52.2. The molecule has 1 unspecified atom stereocenters. The molecule has 4 aliphatic rings. The summed E-state index contributed by atoms with van der Waals surface area (Å²) >= 11 is 0. The van der Waals surface area contributed by atoms with Crippen LogP contribution in [-0.4, -0.2) is 11.2 Å². The topological polar surface area (TPSA) is 52.4 Å². The average Bonchev–Trinajstić information content (AvgIpc) is 2.88. The lowest BCUT2D eigenvalue weighted by atomic mass is 9.45. The van der Waals surface area contributed by atoms with Gasteiger partial charge in [-0.25, -0.2) is 0 Å². The number of rotatable bonds is 2. The maximum absolute atomic E-state index is 11.1. The Morgan fingerprint density at radius 3 is 2.52 bits per heavy atom. The standard InChI is InChI=1S/C19H31NO3/c1-18-9-5-7-14(18)13-12-17(23-20(21)22)16-6-3-4-10-19(16,2)15(13)8-11-18/h13-17H,3-12H2,1-2H3/t13-,14-,15-,16?,17+,18-,19+/m0/s1. The molecule has 0 aromatic heterocycles. The van der Waals surface area contributed by atoms with Crippen LogP contribution in [0, 0.1) is 44.6 Å². The van der Waals surface area contributed by atoms with E-state index in [1.807, 2.05) is 0 Å². The number of nitrogens with zero attached hydrogens (tertiary/aromatic N) is 1. The quantitative estimate of drug-likeness (QED) is 0.531. The van der Waals surface area contributed by atoms with Crippen molar-refractivity contribution in [1.82, 2.24) is 0 Å². The second-order valence-electron chi connectivity index (χ2n) is 9.42. The van der Waals surface area contributed by atoms with E-state index in [4.69, 9.17) is 4.84 Å². The first kappa shape index (κ1) is 15.7. The lowest BCUT2D eigenvalue weighted by molar-refractivity contribution is -0.773. The van der Waals surface area contributed by atoms with Gasteiger partial charge in [-0.2, -0.15) is 0 Å². The second-order valence-corrected chi connectivity index (χ2v) is 9.42. The van der Waals surface area contributed by atoms with E-state index in [1.165, 1.54) is 51.4 Å². The van der Waals surface area contributed by atoms with E-state index in [-0.39, 0.29) is 11.5 Å². The highest BCUT2D eigenvalue weighted by molar-refractivity contribution is 5.08. The Hall–Kier alpha value is -0.800. The number of fused-ring (bicyclic) bond motifs is 5. The summed E-state index contributed by atoms with van der Waals surface area (Å²) in [5.74, 6) is 2.60. The minimum absolute atomic E-state index is 0.153. The Morgan fingerprint density at radius 1 is 0.957 bits per heavy atom. The summed E-state index contributed by atoms with van der Waals surface area (Å²) in [6.07, 6.45) is 12.4. The van der Waals surface area contributed by atoms with Crippen molar-refractivity contribution in [2.75, 3.05) is 0 Å². The van der Waals surface area contributed by atoms with Gasteiger partial charge in [0.05, 0.1) is 0 Å². The first-order valence-electron chi connectivity index (χ1n) is 9.75. The Bertz CT molecular complexity index is 495. The van der Waals surface area contributed by atoms with Gasteiger partial charge in [-0.1, -0.05) is 33.1 Å². The Morgan fingerprint density at radius 2 is 1.74 bits per heavy atom. The van der Waals surface area contributed by atoms with Gasteiger partial charge in [0.25, 0.3) is 5.09 Å². The molecular weight excluding hydrogens is 290 g/mol. The first-order chi connectivity index (χ1) is 10.9. The lowest BCUT2D eigenvalue weighted by Gasteiger charge is -2.61. The van der Waals surface area contributed by atoms with Crippen LogP contribution in [0.25, 0.3) is 0 Å². The zero-order valence-corrected chi connectivity index (χ0v) is 14.6. The summed E-state index contributed by atoms with van der Waals surface area (Å²) in [7, 11) is 0. The molecule has 4 fully saturated rings. The van der Waals surface area contributed by atoms with E-state index in [2.05, 4.69) is 13.8 Å². The molecular formula is C19H31NO3. The van der Waals surface area contributed by atoms with Crippen LogP contribution in [0.5, 0.6) is 0 Å². The van der Waals surface area contributed by atoms with E-state index < -0.39 is 5.09 Å². The molecule has 4 saturated carbocycles. The van der Waals surface area contributed by atoms with Crippen molar-refractivity contribution in [3.8, 4) is 0 Å². The third-order valence-electron chi connectivity index (χ3n) is 8.57. The van der Waals surface area contributed by atoms with E-state index in [1.54, 1.807) is 0 Å². The molecule has 0 bridgehead atoms. The van der Waals surface area contributed by atoms with Crippen LogP contribution >= 0.6 is 0 Å². The molecule has 7 atom stereocenters. The fraction of sp³-hybridized carbons (Fsp3) is 1.00. The molecule has 0 aromatic carbocycles. The number of hydrogen-bond acceptors (Lipinski definition) is 3. The minimum atomic E-state index is -0.517. The van der Waals surface area contributed by atoms with Crippen LogP contribution in [0.4, 0.5) is 0 Å². The Balaban J connectivity index is 1.68. The van der Waals surface area contributed by atoms with Gasteiger partial charge in [-0.15, -0.1) is 10.1 Å². The molecule has 4 rings (SSSR count). The maximum Gasteiger partial charge on any atom is 0.294 e. The fourth-order valence-corrected chi connectivity index (χ4v) is 7.54. The average molecular weight is 321 g/mol. The van der Waals surface area contributed by atoms with Gasteiger partial charge in [0, 0.05) is 0 Å². The highest BCUT2D eigenvalue weighted by Crippen LogP contribution is 2.66. The second kappa shape index (κ2) is 5.35. The van der Waals surface area contributed by atoms with E-state index in [0.29, 0.717) is 17.3 Å². The summed E-state index contributed by atoms with van der Waals surface area (Å²) in [6.45, 7) is 4.93. The van der Waals surface area contributed by atoms with Gasteiger partial charge in [0.2, 0.25) is 0 Å². The van der Waals surface area contributed by atoms with Crippen molar-refractivity contribution in [1.29, 1.82) is 0 Å². The van der Waals surface area contributed by atoms with Crippen LogP contribution in [0.15, 0.2) is 0 Å². The third-order valence-corrected chi connectivity index (χ3v) is 8.57. The molecule has 4 aliphatic carbocycles. The summed E-state index contributed by atoms with van der Waals surface area (Å²) in [6, 6.07) is 0. The van der Waals surface area contributed by atoms with Gasteiger partial charge in [0.15, 0.2) is 0 Å². The summed E-state index contributed by atoms with van der Waals surface area (Å²) in [5, 5.41) is 10.6. The highest BCUT2D eigenvalue weighted by Gasteiger charge is 2.60. The van der Waals surface area contributed by atoms with Gasteiger partial charge < -0.3 is 4.84 Å². The molecule has 23 heavy (non-hydrogen) atoms. The summed E-state index contributed by atoms with van der Waals surface area (Å²) < 4.78 is 0. The van der Waals surface area contributed by atoms with Crippen molar-refractivity contribution >= 4 is 0 Å². The van der Waals surface area contributed by atoms with Gasteiger partial charge >= 0.3 is 0 Å². The van der Waals surface area contributed by atoms with Gasteiger partial charge in [0.1, 0.15) is 6.10 Å². The van der Waals surface area contributed by atoms with Crippen molar-refractivity contribution in [3.63, 3.8) is 0 Å². The van der Waals surface area contributed by atoms with Crippen LogP contribution < -0.4 is 0 Å². The molecule has 0 amide bonds. The van der Waals surface area contributed by atoms with Crippen LogP contribution in [-0.2, 0) is 4.84 Å². The Labute approximate surface area is 139 Å². The molecule has 0 spiro atoms. The van der Waals surface area contributed by atoms with Crippen molar-refractivity contribution in [2.45, 2.75) is 84.2 Å². The zero-order valence-electron chi connectivity index (χ0n) is 14.6. The highest BCUT2D eigenvalue weighted by atomic mass is 17.0. The summed E-state index contributed by atoms with van der Waals surface area (Å²) in [4.78, 5) is 16.4. The fourth-order valence-electron chi connectivity index (χ4n) is 7.54. The van der Waals surface area contributed by atoms with Gasteiger partial charge in [-0.3, -0.25) is 0 Å². The molecule has 0 aromatic rings. The predicted molar refractivity (Wildman–Crippen MR) is 88.2 cm³/mol. The van der Waals surface area contributed by atoms with Crippen molar-refractivity contribution in [3.05, 3.63) is 10.1 Å². The molecule has 130 valence electrons. The van der Waals surface area contributed by atoms with E-state index in [0.717, 1.165) is 24.7 Å². The lowest BCUT2D eigenvalue weighted by Crippen LogP contribution is -2.57. The molecule has 0 N–H and O–H groups in total. The molecule has 0 radical (unpaired) electrons. The molecule has 0 aliphatic heterocycles. The SMILES string of the molecule is C[C@@]12CCC[C@H]1[C@@H]1C[C@@H](O[N+](=O)[O-])C3CCCC[C@]3(C)[C@H]1CC2. The number of hydrogen-bond donors (Lipinski definition) is 0. The summed E-state index contributed by atoms with van der Waals surface area (Å²) in [5.41, 5.74) is 0.768. The van der Waals surface area contributed by atoms with Crippen molar-refractivity contribution in [2.24, 2.45) is 34.5 Å². The molecule has 0 saturated heterocycles. The smallest absolute Gasteiger partial charge is 0.294 e. The molecule has 0 heterocycles. The van der Waals surface area contributed by atoms with E-state index >= 15 is 0 Å². The van der Waals surface area contributed by atoms with Crippen LogP contribution in [0.3, 0.4) is 0 Å². The Kier molecular flexibility index (Phi) is 3.66. The van der Waals surface area contributed by atoms with Gasteiger partial charge in [-0.05, 0) is 79.4 Å². The maximum atomic E-state index is 11.1. The van der Waals surface area contributed by atoms with Crippen LogP contribution in [0.2, 0.25) is 0 Å². The molecule has 4 heteroatoms. The van der Waals surface area contributed by atoms with Crippen LogP contribution in [0.1, 0.15) is 78.1 Å². The van der Waals surface area contributed by atoms with Crippen molar-refractivity contribution < 1.29 is 9.92 Å². The van der Waals surface area contributed by atoms with E-state index in [9.17, 15) is 10.1 Å². The monoisotopic (exact) mass is 321 g/mol. The minimum Gasteiger partial charge on any atom is -0.310 e. The molecule has 4 nitrogen and oxygen atoms in total. The largest absolute Gasteiger partial charge is 0.310 e.